The van der Waals surface area contributed by atoms with Crippen LogP contribution < -0.4 is 20.3 Å². The Morgan fingerprint density at radius 2 is 1.78 bits per heavy atom. The molecule has 2 aliphatic heterocycles. The molecule has 1 fully saturated rings. The number of piperazine rings is 1. The van der Waals surface area contributed by atoms with E-state index in [1.807, 2.05) is 35.2 Å². The lowest BCUT2D eigenvalue weighted by molar-refractivity contribution is -0.116. The second kappa shape index (κ2) is 11.1. The first-order chi connectivity index (χ1) is 18.0. The third-order valence-electron chi connectivity index (χ3n) is 6.67. The minimum absolute atomic E-state index is 0.0472. The fourth-order valence-corrected chi connectivity index (χ4v) is 5.58. The van der Waals surface area contributed by atoms with Crippen LogP contribution in [0.1, 0.15) is 15.9 Å². The van der Waals surface area contributed by atoms with Gasteiger partial charge in [-0.05, 0) is 54.1 Å². The quantitative estimate of drug-likeness (QED) is 0.479. The van der Waals surface area contributed by atoms with Crippen molar-refractivity contribution in [2.75, 3.05) is 54.6 Å². The zero-order chi connectivity index (χ0) is 25.8. The van der Waals surface area contributed by atoms with Crippen LogP contribution in [0.5, 0.6) is 5.75 Å². The van der Waals surface area contributed by atoms with Crippen LogP contribution in [0.2, 0.25) is 0 Å². The number of anilines is 3. The van der Waals surface area contributed by atoms with Crippen LogP contribution in [0.25, 0.3) is 0 Å². The highest BCUT2D eigenvalue weighted by Crippen LogP contribution is 2.30. The van der Waals surface area contributed by atoms with Crippen LogP contribution in [0, 0.1) is 5.82 Å². The summed E-state index contributed by atoms with van der Waals surface area (Å²) in [6.07, 6.45) is 0. The number of amides is 2. The molecule has 0 aliphatic carbocycles. The molecule has 0 unspecified atom stereocenters. The molecule has 192 valence electrons. The van der Waals surface area contributed by atoms with Gasteiger partial charge in [-0.2, -0.15) is 11.8 Å². The van der Waals surface area contributed by atoms with E-state index in [1.54, 1.807) is 37.4 Å². The Morgan fingerprint density at radius 1 is 1.03 bits per heavy atom. The van der Waals surface area contributed by atoms with Crippen molar-refractivity contribution in [3.63, 3.8) is 0 Å². The van der Waals surface area contributed by atoms with Crippen LogP contribution in [0.4, 0.5) is 21.5 Å². The number of thioether (sulfide) groups is 1. The lowest BCUT2D eigenvalue weighted by Crippen LogP contribution is -2.48. The number of rotatable bonds is 7. The summed E-state index contributed by atoms with van der Waals surface area (Å²) in [5, 5.41) is 6.19. The molecule has 1 saturated heterocycles. The fraction of sp³-hybridized carbons (Fsp3) is 0.286. The molecule has 2 amide bonds. The van der Waals surface area contributed by atoms with Crippen molar-refractivity contribution in [2.45, 2.75) is 11.8 Å². The summed E-state index contributed by atoms with van der Waals surface area (Å²) in [5.74, 6) is 1.36. The first kappa shape index (κ1) is 25.0. The van der Waals surface area contributed by atoms with Gasteiger partial charge >= 0.3 is 0 Å². The average molecular weight is 521 g/mol. The van der Waals surface area contributed by atoms with E-state index in [2.05, 4.69) is 15.5 Å². The van der Waals surface area contributed by atoms with Gasteiger partial charge in [-0.15, -0.1) is 0 Å². The number of carbonyl (C=O) groups excluding carboxylic acids is 2. The summed E-state index contributed by atoms with van der Waals surface area (Å²) < 4.78 is 19.1. The van der Waals surface area contributed by atoms with E-state index >= 15 is 0 Å². The molecule has 5 rings (SSSR count). The minimum atomic E-state index is -0.433. The van der Waals surface area contributed by atoms with Crippen molar-refractivity contribution in [3.8, 4) is 5.75 Å². The molecule has 0 bridgehead atoms. The number of methoxy groups -OCH3 is 1. The highest BCUT2D eigenvalue weighted by atomic mass is 32.2. The smallest absolute Gasteiger partial charge is 0.254 e. The number of hydrogen-bond donors (Lipinski definition) is 2. The number of ether oxygens (including phenoxy) is 1. The lowest BCUT2D eigenvalue weighted by atomic mass is 10.1. The van der Waals surface area contributed by atoms with Crippen LogP contribution in [-0.2, 0) is 10.5 Å². The van der Waals surface area contributed by atoms with E-state index in [9.17, 15) is 14.0 Å². The molecule has 0 spiro atoms. The van der Waals surface area contributed by atoms with Crippen LogP contribution >= 0.6 is 11.8 Å². The SMILES string of the molecule is COc1ccc(N2CCN(C(=O)c3ccc4c(c3)NC(=O)[C@H](CSCc3ccccc3F)N4)CC2)cc1. The Bertz CT molecular complexity index is 1280. The van der Waals surface area contributed by atoms with Crippen molar-refractivity contribution in [2.24, 2.45) is 0 Å². The Hall–Kier alpha value is -3.72. The Kier molecular flexibility index (Phi) is 7.50. The summed E-state index contributed by atoms with van der Waals surface area (Å²) in [4.78, 5) is 30.0. The molecule has 2 N–H and O–H groups in total. The third-order valence-corrected chi connectivity index (χ3v) is 7.76. The molecular formula is C28H29FN4O3S. The van der Waals surface area contributed by atoms with Gasteiger partial charge in [-0.3, -0.25) is 9.59 Å². The van der Waals surface area contributed by atoms with Crippen molar-refractivity contribution in [3.05, 3.63) is 83.7 Å². The first-order valence-corrected chi connectivity index (χ1v) is 13.4. The Balaban J connectivity index is 1.16. The molecule has 0 saturated carbocycles. The maximum atomic E-state index is 13.8. The highest BCUT2D eigenvalue weighted by Gasteiger charge is 2.28. The lowest BCUT2D eigenvalue weighted by Gasteiger charge is -2.36. The zero-order valence-electron chi connectivity index (χ0n) is 20.6. The molecular weight excluding hydrogens is 491 g/mol. The molecule has 2 aliphatic rings. The first-order valence-electron chi connectivity index (χ1n) is 12.2. The average Bonchev–Trinajstić information content (AvgIpc) is 2.94. The van der Waals surface area contributed by atoms with Gasteiger partial charge in [-0.25, -0.2) is 4.39 Å². The molecule has 3 aromatic rings. The van der Waals surface area contributed by atoms with E-state index in [0.29, 0.717) is 41.4 Å². The van der Waals surface area contributed by atoms with Gasteiger partial charge in [0.1, 0.15) is 17.6 Å². The number of fused-ring (bicyclic) bond motifs is 1. The number of nitrogens with zero attached hydrogens (tertiary/aromatic N) is 2. The van der Waals surface area contributed by atoms with Crippen LogP contribution in [0.15, 0.2) is 66.7 Å². The Labute approximate surface area is 220 Å². The predicted octanol–water partition coefficient (Wildman–Crippen LogP) is 4.46. The zero-order valence-corrected chi connectivity index (χ0v) is 21.4. The van der Waals surface area contributed by atoms with Gasteiger partial charge in [0.25, 0.3) is 5.91 Å². The van der Waals surface area contributed by atoms with Crippen LogP contribution in [0.3, 0.4) is 0 Å². The molecule has 37 heavy (non-hydrogen) atoms. The summed E-state index contributed by atoms with van der Waals surface area (Å²) >= 11 is 1.50. The number of halogens is 1. The maximum absolute atomic E-state index is 13.8. The molecule has 7 nitrogen and oxygen atoms in total. The van der Waals surface area contributed by atoms with Crippen molar-refractivity contribution in [1.82, 2.24) is 4.90 Å². The molecule has 0 aromatic heterocycles. The van der Waals surface area contributed by atoms with Gasteiger partial charge < -0.3 is 25.2 Å². The number of carbonyl (C=O) groups is 2. The van der Waals surface area contributed by atoms with Gasteiger partial charge in [0, 0.05) is 48.9 Å². The van der Waals surface area contributed by atoms with Gasteiger partial charge in [0.05, 0.1) is 18.5 Å². The second-order valence-electron chi connectivity index (χ2n) is 9.03. The van der Waals surface area contributed by atoms with Gasteiger partial charge in [0.15, 0.2) is 0 Å². The standard InChI is InChI=1S/C28H29FN4O3S/c1-36-22-9-7-21(8-10-22)32-12-14-33(15-13-32)28(35)19-6-11-24-25(16-19)31-27(34)26(30-24)18-37-17-20-4-2-3-5-23(20)29/h2-11,16,26,30H,12-15,17-18H2,1H3,(H,31,34)/t26-/m0/s1. The van der Waals surface area contributed by atoms with E-state index in [-0.39, 0.29) is 17.6 Å². The second-order valence-corrected chi connectivity index (χ2v) is 10.1. The van der Waals surface area contributed by atoms with E-state index in [0.717, 1.165) is 30.2 Å². The fourth-order valence-electron chi connectivity index (χ4n) is 4.54. The summed E-state index contributed by atoms with van der Waals surface area (Å²) in [6, 6.07) is 19.5. The minimum Gasteiger partial charge on any atom is -0.497 e. The number of benzene rings is 3. The topological polar surface area (TPSA) is 73.9 Å². The molecule has 0 radical (unpaired) electrons. The highest BCUT2D eigenvalue weighted by molar-refractivity contribution is 7.98. The van der Waals surface area contributed by atoms with E-state index in [1.165, 1.54) is 17.8 Å². The predicted molar refractivity (Wildman–Crippen MR) is 146 cm³/mol. The summed E-state index contributed by atoms with van der Waals surface area (Å²) in [6.45, 7) is 2.72. The van der Waals surface area contributed by atoms with Gasteiger partial charge in [-0.1, -0.05) is 18.2 Å². The largest absolute Gasteiger partial charge is 0.497 e. The molecule has 1 atom stereocenters. The number of hydrogen-bond acceptors (Lipinski definition) is 6. The summed E-state index contributed by atoms with van der Waals surface area (Å²) in [5.41, 5.74) is 3.65. The molecule has 9 heteroatoms. The monoisotopic (exact) mass is 520 g/mol. The summed E-state index contributed by atoms with van der Waals surface area (Å²) in [7, 11) is 1.65. The van der Waals surface area contributed by atoms with E-state index < -0.39 is 6.04 Å². The molecule has 2 heterocycles. The van der Waals surface area contributed by atoms with Crippen molar-refractivity contribution in [1.29, 1.82) is 0 Å². The van der Waals surface area contributed by atoms with Crippen molar-refractivity contribution < 1.29 is 18.7 Å². The Morgan fingerprint density at radius 3 is 2.51 bits per heavy atom. The molecule has 3 aromatic carbocycles. The maximum Gasteiger partial charge on any atom is 0.254 e. The normalized spacial score (nSPS) is 17.0. The number of nitrogens with one attached hydrogen (secondary N) is 2. The van der Waals surface area contributed by atoms with Crippen molar-refractivity contribution >= 4 is 40.6 Å². The van der Waals surface area contributed by atoms with Crippen LogP contribution in [-0.4, -0.2) is 61.8 Å². The van der Waals surface area contributed by atoms with E-state index in [4.69, 9.17) is 4.74 Å². The third kappa shape index (κ3) is 5.67. The van der Waals surface area contributed by atoms with Gasteiger partial charge in [0.2, 0.25) is 5.91 Å².